The van der Waals surface area contributed by atoms with E-state index in [0.717, 1.165) is 11.3 Å². The molecule has 0 radical (unpaired) electrons. The Hall–Kier alpha value is -0.710. The zero-order valence-corrected chi connectivity index (χ0v) is 13.7. The second kappa shape index (κ2) is 8.55. The summed E-state index contributed by atoms with van der Waals surface area (Å²) in [4.78, 5) is 12.1. The predicted molar refractivity (Wildman–Crippen MR) is 86.2 cm³/mol. The lowest BCUT2D eigenvalue weighted by Gasteiger charge is -2.18. The fraction of sp³-hybridized carbons (Fsp3) is 0.533. The number of hydrogen-bond acceptors (Lipinski definition) is 3. The predicted octanol–water partition coefficient (Wildman–Crippen LogP) is 3.27. The highest BCUT2D eigenvalue weighted by atomic mass is 35.5. The van der Waals surface area contributed by atoms with E-state index in [4.69, 9.17) is 16.7 Å². The molecule has 0 aliphatic heterocycles. The van der Waals surface area contributed by atoms with Gasteiger partial charge in [0.25, 0.3) is 0 Å². The molecule has 1 rings (SSSR count). The van der Waals surface area contributed by atoms with Gasteiger partial charge in [0.1, 0.15) is 0 Å². The molecule has 0 aliphatic rings. The molecule has 3 unspecified atom stereocenters. The molecule has 1 amide bonds. The van der Waals surface area contributed by atoms with E-state index in [1.807, 2.05) is 45.0 Å². The van der Waals surface area contributed by atoms with Crippen LogP contribution >= 0.6 is 23.4 Å². The number of carbonyl (C=O) groups is 1. The number of aliphatic hydroxyl groups excluding tert-OH is 1. The lowest BCUT2D eigenvalue weighted by atomic mass is 10.1. The van der Waals surface area contributed by atoms with Crippen LogP contribution in [0.5, 0.6) is 0 Å². The number of nitrogens with one attached hydrogen (secondary N) is 1. The van der Waals surface area contributed by atoms with Crippen LogP contribution in [-0.4, -0.2) is 28.6 Å². The third-order valence-electron chi connectivity index (χ3n) is 3.04. The number of benzene rings is 1. The largest absolute Gasteiger partial charge is 0.396 e. The van der Waals surface area contributed by atoms with Crippen LogP contribution in [0.15, 0.2) is 24.3 Å². The Morgan fingerprint density at radius 1 is 1.30 bits per heavy atom. The fourth-order valence-electron chi connectivity index (χ4n) is 1.60. The normalized spacial score (nSPS) is 15.4. The Balaban J connectivity index is 2.46. The van der Waals surface area contributed by atoms with Crippen LogP contribution in [0.1, 0.15) is 32.4 Å². The summed E-state index contributed by atoms with van der Waals surface area (Å²) in [7, 11) is 0. The Morgan fingerprint density at radius 3 is 2.45 bits per heavy atom. The zero-order chi connectivity index (χ0) is 15.1. The van der Waals surface area contributed by atoms with E-state index in [2.05, 4.69) is 5.32 Å². The molecule has 1 aromatic carbocycles. The van der Waals surface area contributed by atoms with Crippen molar-refractivity contribution < 1.29 is 9.90 Å². The maximum absolute atomic E-state index is 12.1. The third kappa shape index (κ3) is 5.73. The van der Waals surface area contributed by atoms with Crippen LogP contribution < -0.4 is 5.32 Å². The van der Waals surface area contributed by atoms with Gasteiger partial charge in [-0.15, -0.1) is 11.8 Å². The number of amides is 1. The monoisotopic (exact) mass is 315 g/mol. The van der Waals surface area contributed by atoms with Gasteiger partial charge in [0.2, 0.25) is 5.91 Å². The molecular weight excluding hydrogens is 294 g/mol. The molecule has 1 aromatic rings. The van der Waals surface area contributed by atoms with Crippen molar-refractivity contribution in [2.24, 2.45) is 5.92 Å². The Bertz CT molecular complexity index is 424. The maximum Gasteiger partial charge on any atom is 0.233 e. The average Bonchev–Trinajstić information content (AvgIpc) is 2.44. The molecule has 0 saturated heterocycles. The molecule has 2 N–H and O–H groups in total. The average molecular weight is 316 g/mol. The molecule has 3 nitrogen and oxygen atoms in total. The molecule has 0 fully saturated rings. The van der Waals surface area contributed by atoms with Crippen molar-refractivity contribution in [1.29, 1.82) is 0 Å². The van der Waals surface area contributed by atoms with Crippen molar-refractivity contribution in [3.8, 4) is 0 Å². The van der Waals surface area contributed by atoms with Gasteiger partial charge in [0.15, 0.2) is 0 Å². The number of aliphatic hydroxyl groups is 1. The Labute approximate surface area is 130 Å². The molecule has 5 heteroatoms. The van der Waals surface area contributed by atoms with Crippen molar-refractivity contribution >= 4 is 29.3 Å². The lowest BCUT2D eigenvalue weighted by Crippen LogP contribution is -2.33. The van der Waals surface area contributed by atoms with E-state index in [1.165, 1.54) is 0 Å². The number of thioether (sulfide) groups is 1. The van der Waals surface area contributed by atoms with Crippen LogP contribution in [0.25, 0.3) is 0 Å². The third-order valence-corrected chi connectivity index (χ3v) is 4.77. The summed E-state index contributed by atoms with van der Waals surface area (Å²) in [6.07, 6.45) is 0. The van der Waals surface area contributed by atoms with Crippen LogP contribution in [0, 0.1) is 5.92 Å². The van der Waals surface area contributed by atoms with Gasteiger partial charge in [0, 0.05) is 11.6 Å². The van der Waals surface area contributed by atoms with Crippen molar-refractivity contribution in [2.75, 3.05) is 12.4 Å². The summed E-state index contributed by atoms with van der Waals surface area (Å²) >= 11 is 7.41. The summed E-state index contributed by atoms with van der Waals surface area (Å²) in [5.74, 6) is 1.01. The van der Waals surface area contributed by atoms with Crippen LogP contribution in [0.4, 0.5) is 0 Å². The molecule has 0 bridgehead atoms. The van der Waals surface area contributed by atoms with Gasteiger partial charge in [-0.25, -0.2) is 0 Å². The molecule has 0 spiro atoms. The lowest BCUT2D eigenvalue weighted by molar-refractivity contribution is -0.120. The minimum Gasteiger partial charge on any atom is -0.396 e. The molecule has 0 saturated carbocycles. The van der Waals surface area contributed by atoms with E-state index >= 15 is 0 Å². The minimum atomic E-state index is -0.126. The Kier molecular flexibility index (Phi) is 7.41. The van der Waals surface area contributed by atoms with Crippen molar-refractivity contribution in [1.82, 2.24) is 5.32 Å². The highest BCUT2D eigenvalue weighted by Crippen LogP contribution is 2.19. The van der Waals surface area contributed by atoms with E-state index in [1.54, 1.807) is 11.8 Å². The molecule has 112 valence electrons. The van der Waals surface area contributed by atoms with E-state index in [9.17, 15) is 4.79 Å². The Morgan fingerprint density at radius 2 is 1.90 bits per heavy atom. The van der Waals surface area contributed by atoms with Crippen LogP contribution in [0.3, 0.4) is 0 Å². The highest BCUT2D eigenvalue weighted by molar-refractivity contribution is 8.00. The SMILES string of the molecule is CC(CO)CSC(C)C(=O)NC(C)c1ccc(Cl)cc1. The quantitative estimate of drug-likeness (QED) is 0.812. The highest BCUT2D eigenvalue weighted by Gasteiger charge is 2.17. The topological polar surface area (TPSA) is 49.3 Å². The van der Waals surface area contributed by atoms with E-state index in [-0.39, 0.29) is 29.7 Å². The summed E-state index contributed by atoms with van der Waals surface area (Å²) in [5.41, 5.74) is 1.03. The second-order valence-electron chi connectivity index (χ2n) is 5.05. The van der Waals surface area contributed by atoms with Crippen LogP contribution in [0.2, 0.25) is 5.02 Å². The summed E-state index contributed by atoms with van der Waals surface area (Å²) in [5, 5.41) is 12.5. The van der Waals surface area contributed by atoms with Crippen molar-refractivity contribution in [3.05, 3.63) is 34.9 Å². The van der Waals surface area contributed by atoms with E-state index in [0.29, 0.717) is 5.02 Å². The van der Waals surface area contributed by atoms with Gasteiger partial charge in [0.05, 0.1) is 11.3 Å². The molecule has 0 heterocycles. The minimum absolute atomic E-state index is 0.0163. The maximum atomic E-state index is 12.1. The first-order chi connectivity index (χ1) is 9.43. The van der Waals surface area contributed by atoms with Gasteiger partial charge < -0.3 is 10.4 Å². The standard InChI is InChI=1S/C15H22ClNO2S/c1-10(8-18)9-20-12(3)15(19)17-11(2)13-4-6-14(16)7-5-13/h4-7,10-12,18H,8-9H2,1-3H3,(H,17,19). The molecule has 0 aliphatic carbocycles. The van der Waals surface area contributed by atoms with Gasteiger partial charge >= 0.3 is 0 Å². The number of carbonyl (C=O) groups excluding carboxylic acids is 1. The first-order valence-electron chi connectivity index (χ1n) is 6.72. The molecular formula is C15H22ClNO2S. The van der Waals surface area contributed by atoms with Gasteiger partial charge in [-0.2, -0.15) is 0 Å². The van der Waals surface area contributed by atoms with Gasteiger partial charge in [-0.3, -0.25) is 4.79 Å². The fourth-order valence-corrected chi connectivity index (χ4v) is 2.67. The summed E-state index contributed by atoms with van der Waals surface area (Å²) in [6.45, 7) is 5.96. The number of rotatable bonds is 7. The van der Waals surface area contributed by atoms with Gasteiger partial charge in [-0.1, -0.05) is 30.7 Å². The van der Waals surface area contributed by atoms with E-state index < -0.39 is 0 Å². The van der Waals surface area contributed by atoms with Crippen LogP contribution in [-0.2, 0) is 4.79 Å². The number of halogens is 1. The van der Waals surface area contributed by atoms with Gasteiger partial charge in [-0.05, 0) is 43.2 Å². The first-order valence-corrected chi connectivity index (χ1v) is 8.15. The van der Waals surface area contributed by atoms with Crippen molar-refractivity contribution in [3.63, 3.8) is 0 Å². The summed E-state index contributed by atoms with van der Waals surface area (Å²) in [6, 6.07) is 7.43. The number of hydrogen-bond donors (Lipinski definition) is 2. The molecule has 20 heavy (non-hydrogen) atoms. The molecule has 3 atom stereocenters. The second-order valence-corrected chi connectivity index (χ2v) is 6.86. The zero-order valence-electron chi connectivity index (χ0n) is 12.1. The first kappa shape index (κ1) is 17.3. The smallest absolute Gasteiger partial charge is 0.233 e. The molecule has 0 aromatic heterocycles. The summed E-state index contributed by atoms with van der Waals surface area (Å²) < 4.78 is 0. The van der Waals surface area contributed by atoms with Crippen molar-refractivity contribution in [2.45, 2.75) is 32.1 Å².